The molecule has 1 aliphatic rings. The van der Waals surface area contributed by atoms with E-state index in [1.165, 1.54) is 43.1 Å². The Hall–Kier alpha value is -3.70. The lowest BCUT2D eigenvalue weighted by Gasteiger charge is -2.33. The Morgan fingerprint density at radius 1 is 1.38 bits per heavy atom. The number of carbonyl (C=O) groups excluding carboxylic acids is 1. The number of likely N-dealkylation sites (tertiary alicyclic amines) is 1. The molecule has 1 amide bonds. The highest BCUT2D eigenvalue weighted by molar-refractivity contribution is 8.00. The second-order valence-corrected chi connectivity index (χ2v) is 9.51. The maximum absolute atomic E-state index is 14.9. The van der Waals surface area contributed by atoms with Crippen LogP contribution in [0.5, 0.6) is 5.75 Å². The van der Waals surface area contributed by atoms with Crippen LogP contribution in [0.15, 0.2) is 35.4 Å². The molecular weight excluding hydrogens is 538 g/mol. The average molecular weight is 569 g/mol. The third-order valence-electron chi connectivity index (χ3n) is 5.82. The average Bonchev–Trinajstić information content (AvgIpc) is 3.27. The molecule has 3 aromatic rings. The van der Waals surface area contributed by atoms with E-state index in [2.05, 4.69) is 37.9 Å². The van der Waals surface area contributed by atoms with Crippen molar-refractivity contribution in [3.63, 3.8) is 0 Å². The molecule has 0 saturated carbocycles. The predicted molar refractivity (Wildman–Crippen MR) is 141 cm³/mol. The molecule has 14 heteroatoms. The van der Waals surface area contributed by atoms with Crippen molar-refractivity contribution in [2.45, 2.75) is 29.0 Å². The van der Waals surface area contributed by atoms with Crippen molar-refractivity contribution < 1.29 is 31.2 Å². The van der Waals surface area contributed by atoms with Crippen LogP contribution >= 0.6 is 11.8 Å². The number of nitrogens with zero attached hydrogens (tertiary/aromatic N) is 4. The van der Waals surface area contributed by atoms with Crippen molar-refractivity contribution in [1.82, 2.24) is 24.8 Å². The fourth-order valence-corrected chi connectivity index (χ4v) is 4.65. The van der Waals surface area contributed by atoms with E-state index < -0.39 is 30.6 Å². The fourth-order valence-electron chi connectivity index (χ4n) is 3.97. The van der Waals surface area contributed by atoms with Gasteiger partial charge < -0.3 is 25.6 Å². The van der Waals surface area contributed by atoms with Gasteiger partial charge in [-0.3, -0.25) is 4.79 Å². The van der Waals surface area contributed by atoms with E-state index in [0.717, 1.165) is 4.90 Å². The number of nitrogens with one attached hydrogen (secondary N) is 3. The number of thioether (sulfide) groups is 1. The Morgan fingerprint density at radius 2 is 2.21 bits per heavy atom. The number of halogens is 4. The zero-order chi connectivity index (χ0) is 30.7. The molecule has 0 aliphatic carbocycles. The normalized spacial score (nSPS) is 19.3. The smallest absolute Gasteiger partial charge is 0.446 e. The molecule has 39 heavy (non-hydrogen) atoms. The van der Waals surface area contributed by atoms with Crippen LogP contribution in [0, 0.1) is 11.8 Å². The zero-order valence-electron chi connectivity index (χ0n) is 23.9. The molecule has 208 valence electrons. The van der Waals surface area contributed by atoms with Crippen molar-refractivity contribution in [3.8, 4) is 17.6 Å². The van der Waals surface area contributed by atoms with Crippen molar-refractivity contribution in [3.05, 3.63) is 41.9 Å². The van der Waals surface area contributed by atoms with Gasteiger partial charge in [0, 0.05) is 30.3 Å². The topological polar surface area (TPSA) is 95.8 Å². The molecule has 3 N–H and O–H groups in total. The molecule has 1 saturated heterocycles. The summed E-state index contributed by atoms with van der Waals surface area (Å²) in [7, 11) is 2.87. The van der Waals surface area contributed by atoms with Gasteiger partial charge in [-0.15, -0.1) is 0 Å². The third kappa shape index (κ3) is 6.85. The highest BCUT2D eigenvalue weighted by atomic mass is 32.2. The van der Waals surface area contributed by atoms with Crippen LogP contribution in [0.3, 0.4) is 0 Å². The van der Waals surface area contributed by atoms with Gasteiger partial charge in [-0.25, -0.2) is 13.9 Å². The molecule has 1 aliphatic heterocycles. The summed E-state index contributed by atoms with van der Waals surface area (Å²) in [6.07, 6.45) is 0.0121. The number of carbonyl (C=O) groups is 1. The van der Waals surface area contributed by atoms with E-state index in [-0.39, 0.29) is 65.4 Å². The lowest BCUT2D eigenvalue weighted by atomic mass is 10.0. The quantitative estimate of drug-likeness (QED) is 0.226. The molecule has 9 nitrogen and oxygen atoms in total. The number of rotatable bonds is 7. The summed E-state index contributed by atoms with van der Waals surface area (Å²) in [4.78, 5) is 16.7. The number of methoxy groups -OCH3 is 1. The van der Waals surface area contributed by atoms with E-state index in [4.69, 9.17) is 8.85 Å². The van der Waals surface area contributed by atoms with Crippen molar-refractivity contribution in [1.29, 1.82) is 0 Å². The number of aromatic nitrogens is 3. The van der Waals surface area contributed by atoms with Gasteiger partial charge in [-0.05, 0) is 43.2 Å². The van der Waals surface area contributed by atoms with Gasteiger partial charge in [0.1, 0.15) is 29.1 Å². The van der Waals surface area contributed by atoms with E-state index in [9.17, 15) is 22.4 Å². The first-order valence-electron chi connectivity index (χ1n) is 13.2. The molecule has 0 bridgehead atoms. The summed E-state index contributed by atoms with van der Waals surface area (Å²) in [5.41, 5.74) is -4.10. The van der Waals surface area contributed by atoms with Gasteiger partial charge >= 0.3 is 5.51 Å². The minimum absolute atomic E-state index is 0.0158. The van der Waals surface area contributed by atoms with Crippen molar-refractivity contribution in [2.24, 2.45) is 0 Å². The Kier molecular flexibility index (Phi) is 7.49. The number of fused-ring (bicyclic) bond motifs is 1. The summed E-state index contributed by atoms with van der Waals surface area (Å²) in [6, 6.07) is 5.17. The Morgan fingerprint density at radius 3 is 2.90 bits per heavy atom. The maximum Gasteiger partial charge on any atom is 0.446 e. The molecule has 1 fully saturated rings. The second kappa shape index (κ2) is 12.0. The van der Waals surface area contributed by atoms with Gasteiger partial charge in [0.2, 0.25) is 0 Å². The predicted octanol–water partition coefficient (Wildman–Crippen LogP) is 3.63. The van der Waals surface area contributed by atoms with Crippen LogP contribution in [0.1, 0.15) is 26.7 Å². The van der Waals surface area contributed by atoms with Crippen LogP contribution in [0.25, 0.3) is 5.52 Å². The Labute approximate surface area is 230 Å². The van der Waals surface area contributed by atoms with E-state index in [1.807, 2.05) is 0 Å². The lowest BCUT2D eigenvalue weighted by Crippen LogP contribution is -2.46. The summed E-state index contributed by atoms with van der Waals surface area (Å²) in [5, 5.41) is 12.7. The van der Waals surface area contributed by atoms with E-state index >= 15 is 0 Å². The minimum atomic E-state index is -4.63. The number of alkyl halides is 4. The largest absolute Gasteiger partial charge is 0.494 e. The Bertz CT molecular complexity index is 1510. The highest BCUT2D eigenvalue weighted by Crippen LogP contribution is 2.41. The molecule has 4 rings (SSSR count). The molecule has 0 unspecified atom stereocenters. The monoisotopic (exact) mass is 568 g/mol. The molecule has 2 atom stereocenters. The van der Waals surface area contributed by atoms with Crippen molar-refractivity contribution >= 4 is 34.7 Å². The number of anilines is 2. The first kappa shape index (κ1) is 24.3. The van der Waals surface area contributed by atoms with Gasteiger partial charge in [-0.1, -0.05) is 12.0 Å². The molecule has 4 heterocycles. The lowest BCUT2D eigenvalue weighted by molar-refractivity contribution is -0.0327. The SMILES string of the molecule is [2H]C([2H])([2H])N1CC[C@@H](Nc2cccc3c(SC(F)(F)F)c(C#CCNc4cnc(C(=O)NC)cc4OC)nn23)[C@@H](F)C1. The number of hydrogen-bond donors (Lipinski definition) is 3. The standard InChI is InChI=1S/C25H27F4N7O2S/c1-30-24(37)18-12-21(38-3)19(13-32-18)31-10-5-6-17-23(39-25(27,28)29)20-7-4-8-22(36(20)34-17)33-16-9-11-35(2)14-15(16)26/h4,7-8,12-13,15-16,31,33H,9-11,14H2,1-3H3,(H,30,37)/t15-,16+/m0/s1/i2D3. The number of amides is 1. The summed E-state index contributed by atoms with van der Waals surface area (Å²) in [6.45, 7) is -2.62. The number of hydrogen-bond acceptors (Lipinski definition) is 8. The first-order valence-corrected chi connectivity index (χ1v) is 12.5. The van der Waals surface area contributed by atoms with Crippen LogP contribution in [-0.4, -0.2) is 83.9 Å². The van der Waals surface area contributed by atoms with Crippen LogP contribution in [-0.2, 0) is 0 Å². The molecule has 0 spiro atoms. The molecule has 3 aromatic heterocycles. The van der Waals surface area contributed by atoms with Crippen LogP contribution in [0.2, 0.25) is 0 Å². The Balaban J connectivity index is 1.58. The number of pyridine rings is 2. The molecule has 0 radical (unpaired) electrons. The van der Waals surface area contributed by atoms with Gasteiger partial charge in [0.25, 0.3) is 5.91 Å². The summed E-state index contributed by atoms with van der Waals surface area (Å²) >= 11 is -0.356. The van der Waals surface area contributed by atoms with Gasteiger partial charge in [-0.2, -0.15) is 18.3 Å². The third-order valence-corrected chi connectivity index (χ3v) is 6.66. The van der Waals surface area contributed by atoms with Crippen LogP contribution < -0.4 is 20.7 Å². The van der Waals surface area contributed by atoms with E-state index in [1.54, 1.807) is 6.07 Å². The van der Waals surface area contributed by atoms with E-state index in [0.29, 0.717) is 11.4 Å². The fraction of sp³-hybridized carbons (Fsp3) is 0.400. The highest BCUT2D eigenvalue weighted by Gasteiger charge is 2.33. The first-order chi connectivity index (χ1) is 19.8. The maximum atomic E-state index is 14.9. The summed E-state index contributed by atoms with van der Waals surface area (Å²) in [5.74, 6) is 5.57. The molecular formula is C25H27F4N7O2S. The zero-order valence-corrected chi connectivity index (χ0v) is 21.7. The van der Waals surface area contributed by atoms with Gasteiger partial charge in [0.15, 0.2) is 0 Å². The summed E-state index contributed by atoms with van der Waals surface area (Å²) < 4.78 is 84.4. The van der Waals surface area contributed by atoms with Crippen LogP contribution in [0.4, 0.5) is 29.1 Å². The number of piperidine rings is 1. The van der Waals surface area contributed by atoms with Crippen molar-refractivity contribution in [2.75, 3.05) is 51.4 Å². The van der Waals surface area contributed by atoms with Gasteiger partial charge in [0.05, 0.1) is 42.0 Å². The molecule has 0 aromatic carbocycles. The number of ether oxygens (including phenoxy) is 1. The minimum Gasteiger partial charge on any atom is -0.494 e. The second-order valence-electron chi connectivity index (χ2n) is 8.44.